The summed E-state index contributed by atoms with van der Waals surface area (Å²) in [6, 6.07) is 11.8. The Labute approximate surface area is 153 Å². The summed E-state index contributed by atoms with van der Waals surface area (Å²) in [7, 11) is 0. The Morgan fingerprint density at radius 2 is 1.74 bits per heavy atom. The molecule has 1 aliphatic carbocycles. The maximum atomic E-state index is 12.4. The number of carbonyl (C=O) groups excluding carboxylic acids is 2. The first-order valence-electron chi connectivity index (χ1n) is 6.56. The zero-order chi connectivity index (χ0) is 15.4. The number of hydrogen-bond acceptors (Lipinski definition) is 4. The number of Topliss-reactive ketones (excluding diaryl/α,β-unsaturated/α-hetero) is 2. The quantitative estimate of drug-likeness (QED) is 0.515. The number of carboxylic acids is 1. The number of rotatable bonds is 1. The van der Waals surface area contributed by atoms with Gasteiger partial charge in [-0.05, 0) is 16.8 Å². The van der Waals surface area contributed by atoms with Crippen molar-refractivity contribution < 1.29 is 54.9 Å². The standard InChI is InChI=1S/C17H8O5.Na.H/c18-14-11-7-12(17(20)21)22-16(11)10-6-5-8-3-1-2-4-9(8)13(10)15(14)19;;/h1-7H,(H,20,21);;/q;+1;-1. The van der Waals surface area contributed by atoms with Crippen LogP contribution in [-0.2, 0) is 0 Å². The predicted octanol–water partition coefficient (Wildman–Crippen LogP) is 0.293. The van der Waals surface area contributed by atoms with Crippen LogP contribution in [0.1, 0.15) is 32.7 Å². The number of furan rings is 1. The van der Waals surface area contributed by atoms with E-state index in [4.69, 9.17) is 9.52 Å². The second kappa shape index (κ2) is 5.45. The molecule has 0 radical (unpaired) electrons. The van der Waals surface area contributed by atoms with E-state index in [0.717, 1.165) is 11.5 Å². The van der Waals surface area contributed by atoms with E-state index in [2.05, 4.69) is 0 Å². The van der Waals surface area contributed by atoms with Crippen molar-refractivity contribution in [2.24, 2.45) is 0 Å². The second-order valence-electron chi connectivity index (χ2n) is 5.03. The second-order valence-corrected chi connectivity index (χ2v) is 5.03. The van der Waals surface area contributed by atoms with Gasteiger partial charge in [0.25, 0.3) is 0 Å². The van der Waals surface area contributed by atoms with Gasteiger partial charge >= 0.3 is 35.5 Å². The number of carboxylic acid groups (broad SMARTS) is 1. The van der Waals surface area contributed by atoms with Gasteiger partial charge in [-0.2, -0.15) is 0 Å². The molecule has 0 amide bonds. The third-order valence-corrected chi connectivity index (χ3v) is 3.79. The molecular formula is C17H9NaO5. The average molecular weight is 316 g/mol. The van der Waals surface area contributed by atoms with Crippen LogP contribution < -0.4 is 29.6 Å². The fourth-order valence-electron chi connectivity index (χ4n) is 2.81. The Bertz CT molecular complexity index is 1010. The summed E-state index contributed by atoms with van der Waals surface area (Å²) < 4.78 is 5.29. The van der Waals surface area contributed by atoms with Crippen LogP contribution in [0.5, 0.6) is 0 Å². The zero-order valence-electron chi connectivity index (χ0n) is 13.1. The smallest absolute Gasteiger partial charge is 1.00 e. The fraction of sp³-hybridized carbons (Fsp3) is 0. The maximum absolute atomic E-state index is 12.4. The van der Waals surface area contributed by atoms with Crippen LogP contribution in [0.4, 0.5) is 0 Å². The Hall–Kier alpha value is -2.21. The summed E-state index contributed by atoms with van der Waals surface area (Å²) in [6.07, 6.45) is 0. The summed E-state index contributed by atoms with van der Waals surface area (Å²) in [6.45, 7) is 0. The first kappa shape index (κ1) is 15.7. The van der Waals surface area contributed by atoms with Crippen molar-refractivity contribution in [3.8, 4) is 11.3 Å². The molecule has 0 fully saturated rings. The SMILES string of the molecule is O=C(O)c1cc2c(o1)-c1ccc3ccccc3c1C(=O)C2=O.[H-].[Na+]. The molecule has 0 bridgehead atoms. The van der Waals surface area contributed by atoms with Gasteiger partial charge in [0.1, 0.15) is 5.76 Å². The molecular weight excluding hydrogens is 307 g/mol. The number of aromatic carboxylic acids is 1. The van der Waals surface area contributed by atoms with Gasteiger partial charge in [-0.15, -0.1) is 0 Å². The molecule has 1 heterocycles. The van der Waals surface area contributed by atoms with Gasteiger partial charge in [0.05, 0.1) is 5.56 Å². The van der Waals surface area contributed by atoms with Crippen molar-refractivity contribution in [3.63, 3.8) is 0 Å². The minimum absolute atomic E-state index is 0. The Kier molecular flexibility index (Phi) is 3.72. The molecule has 0 saturated heterocycles. The molecule has 0 unspecified atom stereocenters. The zero-order valence-corrected chi connectivity index (χ0v) is 14.1. The van der Waals surface area contributed by atoms with Crippen LogP contribution >= 0.6 is 0 Å². The van der Waals surface area contributed by atoms with Crippen molar-refractivity contribution >= 4 is 28.3 Å². The van der Waals surface area contributed by atoms with Gasteiger partial charge in [-0.25, -0.2) is 4.79 Å². The van der Waals surface area contributed by atoms with Gasteiger partial charge in [-0.3, -0.25) is 9.59 Å². The number of benzene rings is 2. The van der Waals surface area contributed by atoms with Crippen LogP contribution in [0, 0.1) is 0 Å². The average Bonchev–Trinajstić information content (AvgIpc) is 2.97. The van der Waals surface area contributed by atoms with Gasteiger partial charge in [0.15, 0.2) is 0 Å². The van der Waals surface area contributed by atoms with E-state index in [-0.39, 0.29) is 53.6 Å². The van der Waals surface area contributed by atoms with E-state index >= 15 is 0 Å². The van der Waals surface area contributed by atoms with Crippen LogP contribution in [-0.4, -0.2) is 22.6 Å². The molecule has 3 aromatic rings. The summed E-state index contributed by atoms with van der Waals surface area (Å²) in [5.74, 6) is -2.88. The molecule has 1 aromatic heterocycles. The topological polar surface area (TPSA) is 84.6 Å². The fourth-order valence-corrected chi connectivity index (χ4v) is 2.81. The molecule has 23 heavy (non-hydrogen) atoms. The Balaban J connectivity index is 0.00000104. The maximum Gasteiger partial charge on any atom is 1.00 e. The monoisotopic (exact) mass is 316 g/mol. The van der Waals surface area contributed by atoms with E-state index in [9.17, 15) is 14.4 Å². The molecule has 1 aliphatic rings. The first-order valence-corrected chi connectivity index (χ1v) is 6.56. The number of carbonyl (C=O) groups is 3. The van der Waals surface area contributed by atoms with Crippen molar-refractivity contribution in [1.82, 2.24) is 0 Å². The van der Waals surface area contributed by atoms with Crippen molar-refractivity contribution in [1.29, 1.82) is 0 Å². The van der Waals surface area contributed by atoms with E-state index in [0.29, 0.717) is 10.9 Å². The Morgan fingerprint density at radius 1 is 1.00 bits per heavy atom. The molecule has 6 heteroatoms. The summed E-state index contributed by atoms with van der Waals surface area (Å²) >= 11 is 0. The summed E-state index contributed by atoms with van der Waals surface area (Å²) in [5, 5.41) is 10.5. The van der Waals surface area contributed by atoms with Crippen molar-refractivity contribution in [2.75, 3.05) is 0 Å². The molecule has 0 atom stereocenters. The molecule has 1 N–H and O–H groups in total. The number of hydrogen-bond donors (Lipinski definition) is 1. The minimum atomic E-state index is -1.28. The third-order valence-electron chi connectivity index (χ3n) is 3.79. The Morgan fingerprint density at radius 3 is 2.48 bits per heavy atom. The van der Waals surface area contributed by atoms with Crippen molar-refractivity contribution in [2.45, 2.75) is 0 Å². The van der Waals surface area contributed by atoms with Gasteiger partial charge in [0, 0.05) is 17.2 Å². The minimum Gasteiger partial charge on any atom is -1.00 e. The molecule has 0 aliphatic heterocycles. The third kappa shape index (κ3) is 2.16. The normalized spacial score (nSPS) is 12.5. The van der Waals surface area contributed by atoms with Crippen molar-refractivity contribution in [3.05, 3.63) is 59.4 Å². The van der Waals surface area contributed by atoms with E-state index in [1.54, 1.807) is 18.2 Å². The van der Waals surface area contributed by atoms with Gasteiger partial charge in [-0.1, -0.05) is 30.3 Å². The van der Waals surface area contributed by atoms with E-state index in [1.165, 1.54) is 0 Å². The molecule has 108 valence electrons. The van der Waals surface area contributed by atoms with E-state index < -0.39 is 17.5 Å². The predicted molar refractivity (Wildman–Crippen MR) is 78.4 cm³/mol. The largest absolute Gasteiger partial charge is 1.00 e. The summed E-state index contributed by atoms with van der Waals surface area (Å²) in [5.41, 5.74) is 0.720. The number of ketones is 2. The van der Waals surface area contributed by atoms with Gasteiger partial charge < -0.3 is 11.0 Å². The van der Waals surface area contributed by atoms with Crippen LogP contribution in [0.3, 0.4) is 0 Å². The van der Waals surface area contributed by atoms with Gasteiger partial charge in [0.2, 0.25) is 17.3 Å². The molecule has 5 nitrogen and oxygen atoms in total. The molecule has 2 aromatic carbocycles. The summed E-state index contributed by atoms with van der Waals surface area (Å²) in [4.78, 5) is 35.7. The molecule has 0 saturated carbocycles. The molecule has 0 spiro atoms. The molecule has 4 rings (SSSR count). The number of fused-ring (bicyclic) bond motifs is 5. The van der Waals surface area contributed by atoms with Crippen LogP contribution in [0.25, 0.3) is 22.1 Å². The van der Waals surface area contributed by atoms with Crippen LogP contribution in [0.15, 0.2) is 46.9 Å². The van der Waals surface area contributed by atoms with Crippen LogP contribution in [0.2, 0.25) is 0 Å². The first-order chi connectivity index (χ1) is 10.6. The van der Waals surface area contributed by atoms with E-state index in [1.807, 2.05) is 18.2 Å².